The molecule has 2 aromatic rings. The Balaban J connectivity index is 2.93. The number of aryl methyl sites for hydroxylation is 2. The van der Waals surface area contributed by atoms with E-state index in [1.807, 2.05) is 6.20 Å². The molecule has 0 aliphatic heterocycles. The van der Waals surface area contributed by atoms with E-state index in [9.17, 15) is 0 Å². The van der Waals surface area contributed by atoms with E-state index < -0.39 is 0 Å². The molecule has 12 heavy (non-hydrogen) atoms. The molecule has 0 saturated carbocycles. The van der Waals surface area contributed by atoms with E-state index in [1.54, 1.807) is 11.3 Å². The number of nitrogens with zero attached hydrogens (tertiary/aromatic N) is 1. The first-order valence-corrected chi connectivity index (χ1v) is 4.89. The van der Waals surface area contributed by atoms with Gasteiger partial charge in [-0.3, -0.25) is 0 Å². The number of fused-ring (bicyclic) bond motifs is 1. The lowest BCUT2D eigenvalue weighted by Gasteiger charge is -1.95. The quantitative estimate of drug-likeness (QED) is 0.589. The van der Waals surface area contributed by atoms with Gasteiger partial charge in [0.2, 0.25) is 0 Å². The van der Waals surface area contributed by atoms with Crippen LogP contribution in [0, 0.1) is 13.8 Å². The predicted octanol–water partition coefficient (Wildman–Crippen LogP) is 3.57. The van der Waals surface area contributed by atoms with Crippen molar-refractivity contribution in [2.24, 2.45) is 0 Å². The maximum Gasteiger partial charge on any atom is 0.146 e. The summed E-state index contributed by atoms with van der Waals surface area (Å²) in [6.45, 7) is 4.14. The Morgan fingerprint density at radius 1 is 1.42 bits per heavy atom. The van der Waals surface area contributed by atoms with E-state index in [-0.39, 0.29) is 0 Å². The first-order chi connectivity index (χ1) is 5.68. The Morgan fingerprint density at radius 2 is 2.17 bits per heavy atom. The van der Waals surface area contributed by atoms with Crippen molar-refractivity contribution < 1.29 is 0 Å². The number of halogens is 1. The van der Waals surface area contributed by atoms with Crippen LogP contribution >= 0.6 is 22.9 Å². The minimum atomic E-state index is 0.619. The lowest BCUT2D eigenvalue weighted by atomic mass is 10.2. The molecule has 0 saturated heterocycles. The molecule has 0 aliphatic carbocycles. The van der Waals surface area contributed by atoms with Crippen LogP contribution in [0.1, 0.15) is 10.4 Å². The van der Waals surface area contributed by atoms with Crippen molar-refractivity contribution in [3.8, 4) is 0 Å². The summed E-state index contributed by atoms with van der Waals surface area (Å²) < 4.78 is 1.11. The Bertz CT molecular complexity index is 394. The summed E-state index contributed by atoms with van der Waals surface area (Å²) in [5.74, 6) is 0. The van der Waals surface area contributed by atoms with Gasteiger partial charge in [-0.1, -0.05) is 11.6 Å². The summed E-state index contributed by atoms with van der Waals surface area (Å²) in [7, 11) is 0. The lowest BCUT2D eigenvalue weighted by molar-refractivity contribution is 1.32. The fourth-order valence-corrected chi connectivity index (χ4v) is 2.47. The molecule has 0 aromatic carbocycles. The molecule has 1 nitrogen and oxygen atoms in total. The van der Waals surface area contributed by atoms with Gasteiger partial charge < -0.3 is 0 Å². The fourth-order valence-electron chi connectivity index (χ4n) is 1.24. The number of hydrogen-bond donors (Lipinski definition) is 0. The molecule has 3 heteroatoms. The van der Waals surface area contributed by atoms with Crippen molar-refractivity contribution in [1.29, 1.82) is 0 Å². The molecule has 2 rings (SSSR count). The summed E-state index contributed by atoms with van der Waals surface area (Å²) in [6.07, 6.45) is 1.82. The zero-order valence-corrected chi connectivity index (χ0v) is 8.46. The minimum absolute atomic E-state index is 0.619. The van der Waals surface area contributed by atoms with Crippen LogP contribution in [0.3, 0.4) is 0 Å². The van der Waals surface area contributed by atoms with Crippen LogP contribution in [-0.4, -0.2) is 4.98 Å². The third-order valence-electron chi connectivity index (χ3n) is 1.84. The van der Waals surface area contributed by atoms with Gasteiger partial charge in [-0.25, -0.2) is 4.98 Å². The highest BCUT2D eigenvalue weighted by atomic mass is 35.5. The van der Waals surface area contributed by atoms with E-state index in [4.69, 9.17) is 11.6 Å². The number of thiophene rings is 1. The molecule has 0 unspecified atom stereocenters. The molecule has 0 aliphatic rings. The average Bonchev–Trinajstić information content (AvgIpc) is 2.41. The van der Waals surface area contributed by atoms with E-state index in [2.05, 4.69) is 24.9 Å². The smallest absolute Gasteiger partial charge is 0.146 e. The summed E-state index contributed by atoms with van der Waals surface area (Å²) in [5.41, 5.74) is 1.19. The Kier molecular flexibility index (Phi) is 1.81. The highest BCUT2D eigenvalue weighted by Gasteiger charge is 2.05. The number of aromatic nitrogens is 1. The van der Waals surface area contributed by atoms with Crippen LogP contribution in [0.25, 0.3) is 10.1 Å². The molecule has 0 fully saturated rings. The van der Waals surface area contributed by atoms with Gasteiger partial charge in [-0.15, -0.1) is 11.3 Å². The maximum atomic E-state index is 5.94. The summed E-state index contributed by atoms with van der Waals surface area (Å²) in [4.78, 5) is 5.38. The molecule has 0 amide bonds. The van der Waals surface area contributed by atoms with Crippen LogP contribution in [0.4, 0.5) is 0 Å². The van der Waals surface area contributed by atoms with Gasteiger partial charge in [0.05, 0.1) is 4.70 Å². The van der Waals surface area contributed by atoms with Gasteiger partial charge in [0.15, 0.2) is 0 Å². The largest absolute Gasteiger partial charge is 0.243 e. The van der Waals surface area contributed by atoms with Crippen molar-refractivity contribution in [3.63, 3.8) is 0 Å². The van der Waals surface area contributed by atoms with Crippen LogP contribution in [0.15, 0.2) is 12.3 Å². The zero-order valence-electron chi connectivity index (χ0n) is 6.89. The monoisotopic (exact) mass is 197 g/mol. The first-order valence-electron chi connectivity index (χ1n) is 3.70. The Hall–Kier alpha value is -0.600. The van der Waals surface area contributed by atoms with Crippen LogP contribution in [0.2, 0.25) is 5.15 Å². The van der Waals surface area contributed by atoms with E-state index in [0.717, 1.165) is 4.70 Å². The van der Waals surface area contributed by atoms with Gasteiger partial charge in [-0.2, -0.15) is 0 Å². The number of pyridine rings is 1. The molecule has 62 valence electrons. The Morgan fingerprint density at radius 3 is 2.83 bits per heavy atom. The van der Waals surface area contributed by atoms with Crippen LogP contribution in [0.5, 0.6) is 0 Å². The summed E-state index contributed by atoms with van der Waals surface area (Å²) >= 11 is 7.64. The molecular weight excluding hydrogens is 190 g/mol. The van der Waals surface area contributed by atoms with Gasteiger partial charge in [0, 0.05) is 16.5 Å². The molecule has 0 bridgehead atoms. The highest BCUT2D eigenvalue weighted by molar-refractivity contribution is 7.19. The lowest BCUT2D eigenvalue weighted by Crippen LogP contribution is -1.77. The van der Waals surface area contributed by atoms with Crippen molar-refractivity contribution >= 4 is 33.0 Å². The fraction of sp³-hybridized carbons (Fsp3) is 0.222. The van der Waals surface area contributed by atoms with Gasteiger partial charge in [0.25, 0.3) is 0 Å². The van der Waals surface area contributed by atoms with Crippen molar-refractivity contribution in [2.75, 3.05) is 0 Å². The second kappa shape index (κ2) is 2.71. The van der Waals surface area contributed by atoms with Gasteiger partial charge >= 0.3 is 0 Å². The Labute approximate surface area is 80.0 Å². The zero-order chi connectivity index (χ0) is 8.72. The minimum Gasteiger partial charge on any atom is -0.243 e. The number of rotatable bonds is 0. The second-order valence-electron chi connectivity index (χ2n) is 2.83. The first kappa shape index (κ1) is 8.02. The maximum absolute atomic E-state index is 5.94. The van der Waals surface area contributed by atoms with E-state index in [0.29, 0.717) is 5.15 Å². The van der Waals surface area contributed by atoms with Crippen molar-refractivity contribution in [3.05, 3.63) is 27.9 Å². The SMILES string of the molecule is Cc1cc2c(C)cnc(Cl)c2s1. The van der Waals surface area contributed by atoms with Crippen LogP contribution < -0.4 is 0 Å². The normalized spacial score (nSPS) is 10.9. The third-order valence-corrected chi connectivity index (χ3v) is 3.29. The standard InChI is InChI=1S/C9H8ClNS/c1-5-4-11-9(10)8-7(5)3-6(2)12-8/h3-4H,1-2H3. The molecule has 0 radical (unpaired) electrons. The molecule has 0 atom stereocenters. The summed E-state index contributed by atoms with van der Waals surface area (Å²) in [6, 6.07) is 2.16. The number of hydrogen-bond acceptors (Lipinski definition) is 2. The van der Waals surface area contributed by atoms with Crippen LogP contribution in [-0.2, 0) is 0 Å². The average molecular weight is 198 g/mol. The predicted molar refractivity (Wildman–Crippen MR) is 54.1 cm³/mol. The van der Waals surface area contributed by atoms with Gasteiger partial charge in [0.1, 0.15) is 5.15 Å². The van der Waals surface area contributed by atoms with Crippen molar-refractivity contribution in [1.82, 2.24) is 4.98 Å². The second-order valence-corrected chi connectivity index (χ2v) is 4.45. The molecular formula is C9H8ClNS. The van der Waals surface area contributed by atoms with E-state index >= 15 is 0 Å². The summed E-state index contributed by atoms with van der Waals surface area (Å²) in [5, 5.41) is 1.85. The molecule has 0 spiro atoms. The molecule has 2 heterocycles. The van der Waals surface area contributed by atoms with Gasteiger partial charge in [-0.05, 0) is 25.5 Å². The highest BCUT2D eigenvalue weighted by Crippen LogP contribution is 2.31. The third kappa shape index (κ3) is 1.11. The van der Waals surface area contributed by atoms with E-state index in [1.165, 1.54) is 15.8 Å². The molecule has 0 N–H and O–H groups in total. The molecule has 2 aromatic heterocycles. The topological polar surface area (TPSA) is 12.9 Å². The van der Waals surface area contributed by atoms with Crippen molar-refractivity contribution in [2.45, 2.75) is 13.8 Å².